The summed E-state index contributed by atoms with van der Waals surface area (Å²) in [6.45, 7) is 0. The van der Waals surface area contributed by atoms with Gasteiger partial charge in [0.1, 0.15) is 0 Å². The third-order valence-corrected chi connectivity index (χ3v) is 4.62. The standard InChI is InChI=1S/C15H10N4O3S/c20-13-6-14(23(22)18-13)19-8-11(7-17-19)9-1-2-12-10(5-9)3-4-16-15(12)21/h1-8H,(H,16,21)(H,18,20). The predicted octanol–water partition coefficient (Wildman–Crippen LogP) is 0.983. The topological polar surface area (TPSA) is 96.8 Å². The maximum absolute atomic E-state index is 11.8. The number of pyridine rings is 1. The zero-order valence-corrected chi connectivity index (χ0v) is 12.5. The molecule has 1 aliphatic heterocycles. The van der Waals surface area contributed by atoms with Crippen molar-refractivity contribution < 1.29 is 9.00 Å². The minimum Gasteiger partial charge on any atom is -0.329 e. The molecule has 1 unspecified atom stereocenters. The maximum Gasteiger partial charge on any atom is 0.258 e. The highest BCUT2D eigenvalue weighted by molar-refractivity contribution is 7.93. The van der Waals surface area contributed by atoms with E-state index >= 15 is 0 Å². The molecule has 3 heterocycles. The van der Waals surface area contributed by atoms with Gasteiger partial charge < -0.3 is 4.98 Å². The second kappa shape index (κ2) is 5.03. The molecule has 0 aliphatic carbocycles. The zero-order valence-electron chi connectivity index (χ0n) is 11.6. The summed E-state index contributed by atoms with van der Waals surface area (Å²) < 4.78 is 15.4. The van der Waals surface area contributed by atoms with Gasteiger partial charge in [-0.25, -0.2) is 8.89 Å². The summed E-state index contributed by atoms with van der Waals surface area (Å²) in [5, 5.41) is 5.87. The molecule has 3 aromatic rings. The van der Waals surface area contributed by atoms with Crippen molar-refractivity contribution in [2.75, 3.05) is 0 Å². The fourth-order valence-corrected chi connectivity index (χ4v) is 3.28. The highest BCUT2D eigenvalue weighted by Gasteiger charge is 2.22. The van der Waals surface area contributed by atoms with Crippen LogP contribution in [-0.4, -0.2) is 24.9 Å². The number of carbonyl (C=O) groups is 1. The van der Waals surface area contributed by atoms with Crippen LogP contribution in [0.25, 0.3) is 26.9 Å². The third-order valence-electron chi connectivity index (χ3n) is 3.55. The molecule has 0 bridgehead atoms. The fourth-order valence-electron chi connectivity index (χ4n) is 2.45. The SMILES string of the molecule is O=C1C=C(n2cc(-c3ccc4c(=O)[nH]ccc4c3)cn2)S(=O)N1. The van der Waals surface area contributed by atoms with Crippen molar-refractivity contribution in [2.45, 2.75) is 0 Å². The van der Waals surface area contributed by atoms with E-state index in [9.17, 15) is 13.8 Å². The van der Waals surface area contributed by atoms with E-state index in [1.807, 2.05) is 18.2 Å². The highest BCUT2D eigenvalue weighted by atomic mass is 32.2. The molecule has 0 saturated carbocycles. The van der Waals surface area contributed by atoms with Crippen molar-refractivity contribution in [1.29, 1.82) is 0 Å². The monoisotopic (exact) mass is 326 g/mol. The van der Waals surface area contributed by atoms with Crippen molar-refractivity contribution in [1.82, 2.24) is 19.5 Å². The minimum atomic E-state index is -1.59. The number of benzene rings is 1. The Bertz CT molecular complexity index is 1060. The van der Waals surface area contributed by atoms with Gasteiger partial charge in [0, 0.05) is 29.4 Å². The van der Waals surface area contributed by atoms with Crippen LogP contribution in [0.15, 0.2) is 53.7 Å². The van der Waals surface area contributed by atoms with Crippen molar-refractivity contribution in [3.05, 3.63) is 59.3 Å². The summed E-state index contributed by atoms with van der Waals surface area (Å²) in [5.41, 5.74) is 1.53. The molecule has 8 heteroatoms. The number of nitrogens with one attached hydrogen (secondary N) is 2. The van der Waals surface area contributed by atoms with E-state index in [2.05, 4.69) is 14.8 Å². The van der Waals surface area contributed by atoms with Gasteiger partial charge >= 0.3 is 0 Å². The van der Waals surface area contributed by atoms with Gasteiger partial charge in [0.25, 0.3) is 11.5 Å². The maximum atomic E-state index is 11.8. The lowest BCUT2D eigenvalue weighted by Gasteiger charge is -2.01. The van der Waals surface area contributed by atoms with Crippen molar-refractivity contribution in [3.8, 4) is 11.1 Å². The van der Waals surface area contributed by atoms with E-state index in [4.69, 9.17) is 0 Å². The van der Waals surface area contributed by atoms with Crippen molar-refractivity contribution >= 4 is 32.7 Å². The molecule has 2 N–H and O–H groups in total. The molecule has 7 nitrogen and oxygen atoms in total. The Morgan fingerprint density at radius 3 is 2.78 bits per heavy atom. The molecule has 1 aliphatic rings. The third kappa shape index (κ3) is 2.29. The first kappa shape index (κ1) is 13.6. The average molecular weight is 326 g/mol. The molecular weight excluding hydrogens is 316 g/mol. The molecule has 114 valence electrons. The van der Waals surface area contributed by atoms with Crippen LogP contribution in [0.2, 0.25) is 0 Å². The number of aromatic amines is 1. The lowest BCUT2D eigenvalue weighted by atomic mass is 10.1. The van der Waals surface area contributed by atoms with Gasteiger partial charge in [-0.05, 0) is 29.1 Å². The number of H-pyrrole nitrogens is 1. The van der Waals surface area contributed by atoms with Crippen LogP contribution < -0.4 is 10.3 Å². The molecule has 1 atom stereocenters. The van der Waals surface area contributed by atoms with Crippen molar-refractivity contribution in [2.24, 2.45) is 0 Å². The Morgan fingerprint density at radius 2 is 2.00 bits per heavy atom. The number of hydrogen-bond acceptors (Lipinski definition) is 4. The van der Waals surface area contributed by atoms with Gasteiger partial charge in [0.2, 0.25) is 0 Å². The molecule has 2 aromatic heterocycles. The normalized spacial score (nSPS) is 17.3. The second-order valence-corrected chi connectivity index (χ2v) is 6.16. The molecule has 0 spiro atoms. The van der Waals surface area contributed by atoms with E-state index < -0.39 is 16.9 Å². The van der Waals surface area contributed by atoms with Crippen LogP contribution in [-0.2, 0) is 15.8 Å². The Kier molecular flexibility index (Phi) is 2.98. The lowest BCUT2D eigenvalue weighted by molar-refractivity contribution is -0.114. The smallest absolute Gasteiger partial charge is 0.258 e. The van der Waals surface area contributed by atoms with E-state index in [1.54, 1.807) is 24.7 Å². The van der Waals surface area contributed by atoms with Crippen molar-refractivity contribution in [3.63, 3.8) is 0 Å². The van der Waals surface area contributed by atoms with Crippen LogP contribution >= 0.6 is 0 Å². The summed E-state index contributed by atoms with van der Waals surface area (Å²) >= 11 is 0. The molecule has 1 amide bonds. The molecule has 1 aromatic carbocycles. The fraction of sp³-hybridized carbons (Fsp3) is 0. The largest absolute Gasteiger partial charge is 0.329 e. The first-order valence-corrected chi connectivity index (χ1v) is 7.88. The Hall–Kier alpha value is -3.00. The summed E-state index contributed by atoms with van der Waals surface area (Å²) in [4.78, 5) is 25.6. The number of rotatable bonds is 2. The van der Waals surface area contributed by atoms with Gasteiger partial charge in [0.15, 0.2) is 16.0 Å². The highest BCUT2D eigenvalue weighted by Crippen LogP contribution is 2.24. The quantitative estimate of drug-likeness (QED) is 0.734. The Balaban J connectivity index is 1.78. The summed E-state index contributed by atoms with van der Waals surface area (Å²) in [5.74, 6) is -0.402. The number of nitrogens with zero attached hydrogens (tertiary/aromatic N) is 2. The Labute approximate surface area is 132 Å². The van der Waals surface area contributed by atoms with Crippen LogP contribution in [0.1, 0.15) is 0 Å². The molecule has 0 saturated heterocycles. The molecule has 0 fully saturated rings. The van der Waals surface area contributed by atoms with Crippen LogP contribution in [0.4, 0.5) is 0 Å². The van der Waals surface area contributed by atoms with E-state index in [1.165, 1.54) is 10.8 Å². The summed E-state index contributed by atoms with van der Waals surface area (Å²) in [6.07, 6.45) is 6.17. The van der Waals surface area contributed by atoms with Gasteiger partial charge in [-0.1, -0.05) is 6.07 Å². The van der Waals surface area contributed by atoms with Crippen LogP contribution in [0, 0.1) is 0 Å². The summed E-state index contributed by atoms with van der Waals surface area (Å²) in [7, 11) is -1.59. The Morgan fingerprint density at radius 1 is 1.13 bits per heavy atom. The second-order valence-electron chi connectivity index (χ2n) is 5.00. The molecule has 4 rings (SSSR count). The predicted molar refractivity (Wildman–Crippen MR) is 86.3 cm³/mol. The molecular formula is C15H10N4O3S. The molecule has 23 heavy (non-hydrogen) atoms. The van der Waals surface area contributed by atoms with Crippen LogP contribution in [0.3, 0.4) is 0 Å². The number of amides is 1. The number of hydrogen-bond donors (Lipinski definition) is 2. The van der Waals surface area contributed by atoms with E-state index in [0.717, 1.165) is 16.5 Å². The number of carbonyl (C=O) groups excluding carboxylic acids is 1. The first-order valence-electron chi connectivity index (χ1n) is 6.73. The van der Waals surface area contributed by atoms with Gasteiger partial charge in [-0.2, -0.15) is 5.10 Å². The van der Waals surface area contributed by atoms with Gasteiger partial charge in [0.05, 0.1) is 6.20 Å². The molecule has 0 radical (unpaired) electrons. The van der Waals surface area contributed by atoms with E-state index in [0.29, 0.717) is 10.4 Å². The van der Waals surface area contributed by atoms with Gasteiger partial charge in [-0.3, -0.25) is 14.3 Å². The first-order chi connectivity index (χ1) is 11.1. The number of aromatic nitrogens is 3. The average Bonchev–Trinajstić information content (AvgIpc) is 3.13. The lowest BCUT2D eigenvalue weighted by Crippen LogP contribution is -2.17. The summed E-state index contributed by atoms with van der Waals surface area (Å²) in [6, 6.07) is 7.28. The van der Waals surface area contributed by atoms with Crippen LogP contribution in [0.5, 0.6) is 0 Å². The van der Waals surface area contributed by atoms with Gasteiger partial charge in [-0.15, -0.1) is 0 Å². The number of fused-ring (bicyclic) bond motifs is 1. The minimum absolute atomic E-state index is 0.138. The van der Waals surface area contributed by atoms with E-state index in [-0.39, 0.29) is 5.56 Å². The zero-order chi connectivity index (χ0) is 16.0.